The first-order chi connectivity index (χ1) is 7.90. The lowest BCUT2D eigenvalue weighted by Gasteiger charge is -2.15. The Hall–Kier alpha value is -1.75. The molecule has 4 N–H and O–H groups in total. The lowest BCUT2D eigenvalue weighted by molar-refractivity contribution is -0.137. The van der Waals surface area contributed by atoms with Gasteiger partial charge in [0.15, 0.2) is 0 Å². The zero-order valence-corrected chi connectivity index (χ0v) is 9.99. The molecule has 1 amide bonds. The monoisotopic (exact) mass is 256 g/mol. The fraction of sp³-hybridized carbons (Fsp3) is 0.273. The van der Waals surface area contributed by atoms with Crippen molar-refractivity contribution < 1.29 is 14.7 Å². The van der Waals surface area contributed by atoms with E-state index >= 15 is 0 Å². The number of primary amides is 1. The summed E-state index contributed by atoms with van der Waals surface area (Å²) in [4.78, 5) is 21.7. The molecule has 0 aliphatic heterocycles. The van der Waals surface area contributed by atoms with Crippen LogP contribution in [0.25, 0.3) is 0 Å². The van der Waals surface area contributed by atoms with E-state index in [2.05, 4.69) is 5.32 Å². The third-order valence-corrected chi connectivity index (χ3v) is 2.36. The number of anilines is 1. The molecule has 1 aromatic rings. The number of benzene rings is 1. The molecule has 0 radical (unpaired) electrons. The minimum Gasteiger partial charge on any atom is -0.481 e. The highest BCUT2D eigenvalue weighted by atomic mass is 35.5. The van der Waals surface area contributed by atoms with Gasteiger partial charge in [-0.05, 0) is 25.1 Å². The largest absolute Gasteiger partial charge is 0.481 e. The molecule has 1 unspecified atom stereocenters. The fourth-order valence-electron chi connectivity index (χ4n) is 1.43. The van der Waals surface area contributed by atoms with E-state index in [4.69, 9.17) is 22.4 Å². The third kappa shape index (κ3) is 3.96. The summed E-state index contributed by atoms with van der Waals surface area (Å²) in [5.74, 6) is -1.51. The number of carboxylic acid groups (broad SMARTS) is 1. The Morgan fingerprint density at radius 1 is 1.53 bits per heavy atom. The minimum absolute atomic E-state index is 0.0648. The molecule has 0 bridgehead atoms. The van der Waals surface area contributed by atoms with Gasteiger partial charge in [0.05, 0.1) is 12.0 Å². The SMILES string of the molecule is CC(CC(=O)O)Nc1cc(Cl)ccc1C(N)=O. The van der Waals surface area contributed by atoms with Crippen molar-refractivity contribution in [3.05, 3.63) is 28.8 Å². The molecule has 6 heteroatoms. The van der Waals surface area contributed by atoms with Gasteiger partial charge in [0.2, 0.25) is 0 Å². The minimum atomic E-state index is -0.923. The van der Waals surface area contributed by atoms with E-state index in [1.807, 2.05) is 0 Å². The summed E-state index contributed by atoms with van der Waals surface area (Å²) in [6, 6.07) is 4.26. The summed E-state index contributed by atoms with van der Waals surface area (Å²) in [5, 5.41) is 12.0. The number of rotatable bonds is 5. The average Bonchev–Trinajstić information content (AvgIpc) is 2.15. The van der Waals surface area contributed by atoms with Crippen molar-refractivity contribution in [3.8, 4) is 0 Å². The predicted octanol–water partition coefficient (Wildman–Crippen LogP) is 1.71. The molecule has 0 aliphatic rings. The van der Waals surface area contributed by atoms with Gasteiger partial charge in [0, 0.05) is 16.8 Å². The quantitative estimate of drug-likeness (QED) is 0.748. The zero-order valence-electron chi connectivity index (χ0n) is 9.24. The molecule has 0 aliphatic carbocycles. The standard InChI is InChI=1S/C11H13ClN2O3/c1-6(4-10(15)16)14-9-5-7(12)2-3-8(9)11(13)17/h2-3,5-6,14H,4H2,1H3,(H2,13,17)(H,15,16). The average molecular weight is 257 g/mol. The van der Waals surface area contributed by atoms with Crippen molar-refractivity contribution >= 4 is 29.2 Å². The van der Waals surface area contributed by atoms with Gasteiger partial charge in [-0.2, -0.15) is 0 Å². The van der Waals surface area contributed by atoms with Crippen LogP contribution >= 0.6 is 11.6 Å². The topological polar surface area (TPSA) is 92.4 Å². The zero-order chi connectivity index (χ0) is 13.0. The second-order valence-electron chi connectivity index (χ2n) is 3.70. The smallest absolute Gasteiger partial charge is 0.305 e. The number of nitrogens with two attached hydrogens (primary N) is 1. The van der Waals surface area contributed by atoms with Gasteiger partial charge in [-0.15, -0.1) is 0 Å². The molecule has 0 saturated heterocycles. The highest BCUT2D eigenvalue weighted by Gasteiger charge is 2.13. The van der Waals surface area contributed by atoms with Crippen LogP contribution in [0.4, 0.5) is 5.69 Å². The summed E-state index contributed by atoms with van der Waals surface area (Å²) in [5.41, 5.74) is 5.93. The number of hydrogen-bond donors (Lipinski definition) is 3. The van der Waals surface area contributed by atoms with Crippen LogP contribution in [-0.2, 0) is 4.79 Å². The number of halogens is 1. The summed E-state index contributed by atoms with van der Waals surface area (Å²) in [6.45, 7) is 1.69. The van der Waals surface area contributed by atoms with Crippen molar-refractivity contribution in [2.45, 2.75) is 19.4 Å². The maximum atomic E-state index is 11.2. The van der Waals surface area contributed by atoms with Crippen LogP contribution in [0.1, 0.15) is 23.7 Å². The molecule has 1 atom stereocenters. The molecule has 17 heavy (non-hydrogen) atoms. The molecule has 1 aromatic carbocycles. The fourth-order valence-corrected chi connectivity index (χ4v) is 1.60. The Bertz CT molecular complexity index is 448. The Kier molecular flexibility index (Phi) is 4.34. The summed E-state index contributed by atoms with van der Waals surface area (Å²) in [7, 11) is 0. The molecule has 0 spiro atoms. The predicted molar refractivity (Wildman–Crippen MR) is 65.3 cm³/mol. The van der Waals surface area contributed by atoms with Gasteiger partial charge in [0.1, 0.15) is 0 Å². The van der Waals surface area contributed by atoms with Crippen LogP contribution in [-0.4, -0.2) is 23.0 Å². The second kappa shape index (κ2) is 5.54. The maximum absolute atomic E-state index is 11.2. The number of amides is 1. The lowest BCUT2D eigenvalue weighted by atomic mass is 10.1. The van der Waals surface area contributed by atoms with Crippen molar-refractivity contribution in [1.29, 1.82) is 0 Å². The van der Waals surface area contributed by atoms with E-state index in [0.29, 0.717) is 10.7 Å². The summed E-state index contributed by atoms with van der Waals surface area (Å²) in [6.07, 6.45) is -0.0648. The number of carbonyl (C=O) groups is 2. The molecule has 92 valence electrons. The van der Waals surface area contributed by atoms with Crippen LogP contribution in [0.3, 0.4) is 0 Å². The normalized spacial score (nSPS) is 11.9. The van der Waals surface area contributed by atoms with E-state index in [9.17, 15) is 9.59 Å². The molecular formula is C11H13ClN2O3. The summed E-state index contributed by atoms with van der Waals surface area (Å²) >= 11 is 5.80. The Morgan fingerprint density at radius 2 is 2.18 bits per heavy atom. The highest BCUT2D eigenvalue weighted by Crippen LogP contribution is 2.21. The van der Waals surface area contributed by atoms with Crippen LogP contribution < -0.4 is 11.1 Å². The van der Waals surface area contributed by atoms with Crippen molar-refractivity contribution in [2.75, 3.05) is 5.32 Å². The van der Waals surface area contributed by atoms with Crippen molar-refractivity contribution in [3.63, 3.8) is 0 Å². The third-order valence-electron chi connectivity index (χ3n) is 2.13. The van der Waals surface area contributed by atoms with E-state index < -0.39 is 11.9 Å². The van der Waals surface area contributed by atoms with E-state index in [-0.39, 0.29) is 18.0 Å². The molecule has 1 rings (SSSR count). The lowest BCUT2D eigenvalue weighted by Crippen LogP contribution is -2.22. The number of hydrogen-bond acceptors (Lipinski definition) is 3. The van der Waals surface area contributed by atoms with Crippen LogP contribution in [0.5, 0.6) is 0 Å². The first-order valence-corrected chi connectivity index (χ1v) is 5.35. The van der Waals surface area contributed by atoms with Gasteiger partial charge in [0.25, 0.3) is 5.91 Å². The Balaban J connectivity index is 2.92. The van der Waals surface area contributed by atoms with Crippen LogP contribution in [0.15, 0.2) is 18.2 Å². The second-order valence-corrected chi connectivity index (χ2v) is 4.13. The first-order valence-electron chi connectivity index (χ1n) is 4.98. The molecule has 5 nitrogen and oxygen atoms in total. The van der Waals surface area contributed by atoms with Crippen LogP contribution in [0.2, 0.25) is 5.02 Å². The van der Waals surface area contributed by atoms with Crippen LogP contribution in [0, 0.1) is 0 Å². The van der Waals surface area contributed by atoms with E-state index in [1.54, 1.807) is 19.1 Å². The maximum Gasteiger partial charge on any atom is 0.305 e. The van der Waals surface area contributed by atoms with Gasteiger partial charge in [-0.3, -0.25) is 9.59 Å². The van der Waals surface area contributed by atoms with Gasteiger partial charge in [-0.25, -0.2) is 0 Å². The van der Waals surface area contributed by atoms with Crippen molar-refractivity contribution in [2.24, 2.45) is 5.73 Å². The number of carboxylic acids is 1. The Labute approximate surface area is 104 Å². The molecule has 0 heterocycles. The first kappa shape index (κ1) is 13.3. The molecule has 0 aromatic heterocycles. The van der Waals surface area contributed by atoms with Gasteiger partial charge in [-0.1, -0.05) is 11.6 Å². The number of aliphatic carboxylic acids is 1. The van der Waals surface area contributed by atoms with Gasteiger partial charge >= 0.3 is 5.97 Å². The van der Waals surface area contributed by atoms with Crippen molar-refractivity contribution in [1.82, 2.24) is 0 Å². The van der Waals surface area contributed by atoms with Gasteiger partial charge < -0.3 is 16.2 Å². The number of carbonyl (C=O) groups excluding carboxylic acids is 1. The number of nitrogens with one attached hydrogen (secondary N) is 1. The highest BCUT2D eigenvalue weighted by molar-refractivity contribution is 6.31. The molecule has 0 saturated carbocycles. The van der Waals surface area contributed by atoms with E-state index in [1.165, 1.54) is 6.07 Å². The summed E-state index contributed by atoms with van der Waals surface area (Å²) < 4.78 is 0. The molecule has 0 fully saturated rings. The Morgan fingerprint density at radius 3 is 2.71 bits per heavy atom. The molecular weight excluding hydrogens is 244 g/mol. The van der Waals surface area contributed by atoms with E-state index in [0.717, 1.165) is 0 Å².